The number of carbonyl (C=O) groups is 1. The molecule has 3 aromatic rings. The Labute approximate surface area is 185 Å². The summed E-state index contributed by atoms with van der Waals surface area (Å²) in [7, 11) is 0. The van der Waals surface area contributed by atoms with Crippen LogP contribution in [0.25, 0.3) is 0 Å². The van der Waals surface area contributed by atoms with Crippen LogP contribution in [0.3, 0.4) is 0 Å². The Morgan fingerprint density at radius 1 is 1.06 bits per heavy atom. The third kappa shape index (κ3) is 3.80. The number of amides is 1. The maximum atomic E-state index is 13.3. The normalized spacial score (nSPS) is 18.9. The Morgan fingerprint density at radius 2 is 1.68 bits per heavy atom. The summed E-state index contributed by atoms with van der Waals surface area (Å²) >= 11 is 0. The summed E-state index contributed by atoms with van der Waals surface area (Å²) in [5.74, 6) is 1.20. The van der Waals surface area contributed by atoms with Gasteiger partial charge in [-0.3, -0.25) is 4.79 Å². The van der Waals surface area contributed by atoms with Crippen LogP contribution in [-0.4, -0.2) is 10.5 Å². The van der Waals surface area contributed by atoms with Gasteiger partial charge in [-0.2, -0.15) is 0 Å². The molecule has 0 radical (unpaired) electrons. The van der Waals surface area contributed by atoms with Gasteiger partial charge in [0.15, 0.2) is 0 Å². The summed E-state index contributed by atoms with van der Waals surface area (Å²) in [6, 6.07) is 20.7. The van der Waals surface area contributed by atoms with E-state index in [0.29, 0.717) is 6.04 Å². The van der Waals surface area contributed by atoms with E-state index in [0.717, 1.165) is 36.9 Å². The summed E-state index contributed by atoms with van der Waals surface area (Å²) in [6.07, 6.45) is 9.78. The second-order valence-corrected chi connectivity index (χ2v) is 8.87. The van der Waals surface area contributed by atoms with Gasteiger partial charge in [0.25, 0.3) is 5.82 Å². The fourth-order valence-corrected chi connectivity index (χ4v) is 5.60. The lowest BCUT2D eigenvalue weighted by molar-refractivity contribution is -0.702. The summed E-state index contributed by atoms with van der Waals surface area (Å²) in [6.45, 7) is 5.49. The number of imidazole rings is 1. The summed E-state index contributed by atoms with van der Waals surface area (Å²) in [5.41, 5.74) is 7.43. The van der Waals surface area contributed by atoms with Crippen LogP contribution in [0, 0.1) is 12.8 Å². The van der Waals surface area contributed by atoms with E-state index in [1.54, 1.807) is 0 Å². The van der Waals surface area contributed by atoms with Crippen LogP contribution >= 0.6 is 0 Å². The third-order valence-electron chi connectivity index (χ3n) is 7.21. The molecule has 1 saturated carbocycles. The van der Waals surface area contributed by atoms with Gasteiger partial charge in [0.1, 0.15) is 23.9 Å². The van der Waals surface area contributed by atoms with E-state index in [9.17, 15) is 4.79 Å². The van der Waals surface area contributed by atoms with Crippen LogP contribution in [0.4, 0.5) is 0 Å². The van der Waals surface area contributed by atoms with Crippen molar-refractivity contribution in [3.63, 3.8) is 0 Å². The second-order valence-electron chi connectivity index (χ2n) is 8.87. The van der Waals surface area contributed by atoms with Gasteiger partial charge in [-0.15, -0.1) is 0 Å². The summed E-state index contributed by atoms with van der Waals surface area (Å²) < 4.78 is 4.77. The Kier molecular flexibility index (Phi) is 6.26. The zero-order valence-corrected chi connectivity index (χ0v) is 18.7. The highest BCUT2D eigenvalue weighted by molar-refractivity contribution is 5.91. The number of benzene rings is 2. The summed E-state index contributed by atoms with van der Waals surface area (Å²) in [5, 5.41) is 0. The SMILES string of the molecule is CCCC[n+]1ccn(C2CCC(C(C(N)=O)(c3ccccc3)c3ccccc3)C2)c1C. The van der Waals surface area contributed by atoms with E-state index in [2.05, 4.69) is 59.6 Å². The molecule has 1 aliphatic rings. The van der Waals surface area contributed by atoms with Crippen molar-refractivity contribution in [1.29, 1.82) is 0 Å². The zero-order valence-electron chi connectivity index (χ0n) is 18.7. The Bertz CT molecular complexity index is 970. The minimum atomic E-state index is -0.809. The maximum absolute atomic E-state index is 13.3. The van der Waals surface area contributed by atoms with Crippen LogP contribution in [0.5, 0.6) is 0 Å². The number of nitrogens with two attached hydrogens (primary N) is 1. The molecule has 1 aliphatic carbocycles. The number of unbranched alkanes of at least 4 members (excludes halogenated alkanes) is 1. The molecule has 1 aromatic heterocycles. The fraction of sp³-hybridized carbons (Fsp3) is 0.407. The number of nitrogens with zero attached hydrogens (tertiary/aromatic N) is 2. The molecule has 1 heterocycles. The van der Waals surface area contributed by atoms with Gasteiger partial charge in [0, 0.05) is 6.92 Å². The molecule has 0 aliphatic heterocycles. The Balaban J connectivity index is 1.72. The van der Waals surface area contributed by atoms with Crippen molar-refractivity contribution >= 4 is 5.91 Å². The van der Waals surface area contributed by atoms with Crippen molar-refractivity contribution in [2.45, 2.75) is 64.0 Å². The van der Waals surface area contributed by atoms with Crippen LogP contribution in [0.1, 0.15) is 62.0 Å². The molecule has 0 saturated heterocycles. The molecule has 31 heavy (non-hydrogen) atoms. The molecule has 162 valence electrons. The van der Waals surface area contributed by atoms with Crippen molar-refractivity contribution < 1.29 is 9.36 Å². The first-order valence-corrected chi connectivity index (χ1v) is 11.6. The first-order chi connectivity index (χ1) is 15.1. The van der Waals surface area contributed by atoms with Gasteiger partial charge < -0.3 is 5.73 Å². The van der Waals surface area contributed by atoms with Gasteiger partial charge >= 0.3 is 0 Å². The van der Waals surface area contributed by atoms with E-state index >= 15 is 0 Å². The van der Waals surface area contributed by atoms with Gasteiger partial charge in [-0.05, 0) is 42.7 Å². The summed E-state index contributed by atoms with van der Waals surface area (Å²) in [4.78, 5) is 13.3. The highest BCUT2D eigenvalue weighted by Crippen LogP contribution is 2.49. The van der Waals surface area contributed by atoms with Crippen LogP contribution in [0.15, 0.2) is 73.1 Å². The van der Waals surface area contributed by atoms with Crippen LogP contribution in [-0.2, 0) is 16.8 Å². The Hall–Kier alpha value is -2.88. The van der Waals surface area contributed by atoms with E-state index in [1.165, 1.54) is 18.7 Å². The predicted octanol–water partition coefficient (Wildman–Crippen LogP) is 4.70. The molecule has 0 spiro atoms. The maximum Gasteiger partial charge on any atom is 0.253 e. The monoisotopic (exact) mass is 416 g/mol. The largest absolute Gasteiger partial charge is 0.369 e. The van der Waals surface area contributed by atoms with E-state index in [4.69, 9.17) is 5.73 Å². The molecule has 2 unspecified atom stereocenters. The zero-order chi connectivity index (χ0) is 21.8. The van der Waals surface area contributed by atoms with Gasteiger partial charge in [0.05, 0.1) is 6.54 Å². The Morgan fingerprint density at radius 3 is 2.23 bits per heavy atom. The highest BCUT2D eigenvalue weighted by atomic mass is 16.1. The molecule has 1 amide bonds. The molecular weight excluding hydrogens is 382 g/mol. The third-order valence-corrected chi connectivity index (χ3v) is 7.21. The minimum absolute atomic E-state index is 0.158. The van der Waals surface area contributed by atoms with E-state index in [1.807, 2.05) is 36.4 Å². The molecule has 2 aromatic carbocycles. The average molecular weight is 417 g/mol. The minimum Gasteiger partial charge on any atom is -0.369 e. The first kappa shape index (κ1) is 21.4. The number of aryl methyl sites for hydroxylation is 1. The molecule has 1 fully saturated rings. The highest BCUT2D eigenvalue weighted by Gasteiger charge is 2.51. The molecule has 2 N–H and O–H groups in total. The van der Waals surface area contributed by atoms with Crippen molar-refractivity contribution in [2.75, 3.05) is 0 Å². The first-order valence-electron chi connectivity index (χ1n) is 11.6. The molecule has 4 nitrogen and oxygen atoms in total. The van der Waals surface area contributed by atoms with Gasteiger partial charge in [-0.25, -0.2) is 9.13 Å². The predicted molar refractivity (Wildman–Crippen MR) is 124 cm³/mol. The number of primary amides is 1. The molecule has 4 heteroatoms. The fourth-order valence-electron chi connectivity index (χ4n) is 5.60. The van der Waals surface area contributed by atoms with Crippen molar-refractivity contribution in [2.24, 2.45) is 11.7 Å². The molecule has 2 atom stereocenters. The number of carbonyl (C=O) groups excluding carboxylic acids is 1. The number of hydrogen-bond donors (Lipinski definition) is 1. The lowest BCUT2D eigenvalue weighted by Crippen LogP contribution is -2.47. The topological polar surface area (TPSA) is 51.9 Å². The quantitative estimate of drug-likeness (QED) is 0.532. The molecular formula is C27H34N3O+. The van der Waals surface area contributed by atoms with E-state index in [-0.39, 0.29) is 11.8 Å². The average Bonchev–Trinajstić information content (AvgIpc) is 3.41. The van der Waals surface area contributed by atoms with Crippen LogP contribution < -0.4 is 10.3 Å². The van der Waals surface area contributed by atoms with Crippen molar-refractivity contribution in [3.05, 3.63) is 90.0 Å². The van der Waals surface area contributed by atoms with Gasteiger partial charge in [-0.1, -0.05) is 74.0 Å². The number of aromatic nitrogens is 2. The van der Waals surface area contributed by atoms with Gasteiger partial charge in [0.2, 0.25) is 5.91 Å². The van der Waals surface area contributed by atoms with Crippen LogP contribution in [0.2, 0.25) is 0 Å². The van der Waals surface area contributed by atoms with Crippen molar-refractivity contribution in [3.8, 4) is 0 Å². The second kappa shape index (κ2) is 9.09. The van der Waals surface area contributed by atoms with E-state index < -0.39 is 5.41 Å². The molecule has 0 bridgehead atoms. The standard InChI is InChI=1S/C27H33N3O/c1-3-4-17-29-18-19-30(21(29)2)25-16-15-24(20-25)27(26(28)31,22-11-7-5-8-12-22)23-13-9-6-10-14-23/h5-14,18-19,24-25H,3-4,15-17,20H2,1-2H3,(H-,28,31)/p+1. The smallest absolute Gasteiger partial charge is 0.253 e. The lowest BCUT2D eigenvalue weighted by Gasteiger charge is -2.37. The molecule has 4 rings (SSSR count). The van der Waals surface area contributed by atoms with Crippen molar-refractivity contribution in [1.82, 2.24) is 4.57 Å². The number of hydrogen-bond acceptors (Lipinski definition) is 1. The lowest BCUT2D eigenvalue weighted by atomic mass is 9.64. The number of rotatable bonds is 8.